The first-order valence-corrected chi connectivity index (χ1v) is 21.4. The first-order valence-electron chi connectivity index (χ1n) is 20.6. The Labute approximate surface area is 353 Å². The van der Waals surface area contributed by atoms with E-state index in [1.54, 1.807) is 0 Å². The second-order valence-electron chi connectivity index (χ2n) is 15.6. The van der Waals surface area contributed by atoms with Crippen molar-refractivity contribution >= 4 is 59.6 Å². The molecule has 0 saturated heterocycles. The zero-order chi connectivity index (χ0) is 39.6. The number of benzene rings is 9. The van der Waals surface area contributed by atoms with Crippen LogP contribution in [-0.2, 0) is 5.41 Å². The smallest absolute Gasteiger partial charge is 0.0727 e. The molecule has 2 aromatic heterocycles. The lowest BCUT2D eigenvalue weighted by Gasteiger charge is -2.35. The third-order valence-corrected chi connectivity index (χ3v) is 13.7. The van der Waals surface area contributed by atoms with E-state index in [1.165, 1.54) is 81.4 Å². The van der Waals surface area contributed by atoms with Gasteiger partial charge in [-0.05, 0) is 99.1 Å². The van der Waals surface area contributed by atoms with Crippen LogP contribution in [-0.4, -0.2) is 4.57 Å². The van der Waals surface area contributed by atoms with Crippen molar-refractivity contribution in [3.8, 4) is 27.9 Å². The van der Waals surface area contributed by atoms with Gasteiger partial charge in [0.1, 0.15) is 0 Å². The van der Waals surface area contributed by atoms with Crippen molar-refractivity contribution in [2.45, 2.75) is 5.41 Å². The molecule has 0 N–H and O–H groups in total. The lowest BCUT2D eigenvalue weighted by atomic mass is 9.67. The van der Waals surface area contributed by atoms with Crippen LogP contribution in [0.2, 0.25) is 0 Å². The highest BCUT2D eigenvalue weighted by Gasteiger charge is 2.46. The van der Waals surface area contributed by atoms with Crippen molar-refractivity contribution in [3.05, 3.63) is 253 Å². The predicted molar refractivity (Wildman–Crippen MR) is 254 cm³/mol. The van der Waals surface area contributed by atoms with Gasteiger partial charge in [-0.15, -0.1) is 11.3 Å². The minimum absolute atomic E-state index is 0.490. The van der Waals surface area contributed by atoms with E-state index in [-0.39, 0.29) is 0 Å². The summed E-state index contributed by atoms with van der Waals surface area (Å²) in [6.45, 7) is 0. The quantitative estimate of drug-likeness (QED) is 0.156. The molecule has 0 fully saturated rings. The lowest BCUT2D eigenvalue weighted by molar-refractivity contribution is 0.768. The highest BCUT2D eigenvalue weighted by molar-refractivity contribution is 7.27. The van der Waals surface area contributed by atoms with Gasteiger partial charge < -0.3 is 9.47 Å². The van der Waals surface area contributed by atoms with E-state index in [1.807, 2.05) is 11.3 Å². The van der Waals surface area contributed by atoms with Crippen molar-refractivity contribution in [1.82, 2.24) is 4.57 Å². The van der Waals surface area contributed by atoms with E-state index in [2.05, 4.69) is 240 Å². The molecule has 12 rings (SSSR count). The number of nitrogens with zero attached hydrogens (tertiary/aromatic N) is 2. The highest BCUT2D eigenvalue weighted by Crippen LogP contribution is 2.57. The van der Waals surface area contributed by atoms with E-state index < -0.39 is 5.41 Å². The molecule has 0 unspecified atom stereocenters. The summed E-state index contributed by atoms with van der Waals surface area (Å²) >= 11 is 1.90. The van der Waals surface area contributed by atoms with Crippen molar-refractivity contribution in [3.63, 3.8) is 0 Å². The second kappa shape index (κ2) is 13.8. The summed E-state index contributed by atoms with van der Waals surface area (Å²) in [5.74, 6) is 0. The number of rotatable bonds is 7. The molecule has 11 aromatic rings. The SMILES string of the molecule is c1ccc(N(c2cccc(-c3cccc4c3sc3c5ccccc5n(-c5ccccc5)c43)c2)c2ccc3c(c2)C(c2ccccc2)(c2ccccc2)c2ccccc2-3)cc1. The minimum atomic E-state index is -0.490. The highest BCUT2D eigenvalue weighted by atomic mass is 32.1. The van der Waals surface area contributed by atoms with Crippen molar-refractivity contribution in [1.29, 1.82) is 0 Å². The molecule has 9 aromatic carbocycles. The number of thiophene rings is 1. The van der Waals surface area contributed by atoms with Crippen LogP contribution in [0.15, 0.2) is 231 Å². The van der Waals surface area contributed by atoms with E-state index in [0.29, 0.717) is 0 Å². The molecule has 0 saturated carbocycles. The van der Waals surface area contributed by atoms with Gasteiger partial charge in [-0.25, -0.2) is 0 Å². The summed E-state index contributed by atoms with van der Waals surface area (Å²) in [7, 11) is 0. The normalized spacial score (nSPS) is 12.8. The second-order valence-corrected chi connectivity index (χ2v) is 16.6. The molecule has 3 heteroatoms. The minimum Gasteiger partial charge on any atom is -0.310 e. The fourth-order valence-electron chi connectivity index (χ4n) is 9.97. The Morgan fingerprint density at radius 3 is 1.72 bits per heavy atom. The first kappa shape index (κ1) is 34.6. The lowest BCUT2D eigenvalue weighted by Crippen LogP contribution is -2.28. The third kappa shape index (κ3) is 5.13. The Kier molecular flexibility index (Phi) is 7.97. The fourth-order valence-corrected chi connectivity index (χ4v) is 11.3. The summed E-state index contributed by atoms with van der Waals surface area (Å²) in [4.78, 5) is 2.43. The van der Waals surface area contributed by atoms with Crippen molar-refractivity contribution in [2.24, 2.45) is 0 Å². The van der Waals surface area contributed by atoms with Crippen LogP contribution >= 0.6 is 11.3 Å². The number of fused-ring (bicyclic) bond motifs is 8. The standard InChI is InChI=1S/C57H38N2S/c1-5-20-40(21-6-1)57(41-22-7-2-8-23-41)51-33-15-13-29-47(51)48-36-35-45(38-52(48)57)58(42-24-9-3-10-25-42)44-28-17-19-39(37-44)46-31-18-32-50-54-56(60-55(46)50)49-30-14-16-34-53(49)59(54)43-26-11-4-12-27-43/h1-38H. The molecule has 0 spiro atoms. The van der Waals surface area contributed by atoms with Crippen LogP contribution in [0.1, 0.15) is 22.3 Å². The van der Waals surface area contributed by atoms with E-state index in [4.69, 9.17) is 0 Å². The maximum atomic E-state index is 2.45. The topological polar surface area (TPSA) is 8.17 Å². The Bertz CT molecular complexity index is 3330. The van der Waals surface area contributed by atoms with Gasteiger partial charge in [0.2, 0.25) is 0 Å². The maximum absolute atomic E-state index is 2.45. The van der Waals surface area contributed by atoms with Crippen LogP contribution in [0.4, 0.5) is 17.1 Å². The van der Waals surface area contributed by atoms with Gasteiger partial charge in [-0.2, -0.15) is 0 Å². The molecule has 60 heavy (non-hydrogen) atoms. The van der Waals surface area contributed by atoms with Crippen LogP contribution < -0.4 is 4.90 Å². The molecule has 0 bridgehead atoms. The summed E-state index contributed by atoms with van der Waals surface area (Å²) in [5.41, 5.74) is 16.6. The van der Waals surface area contributed by atoms with Crippen molar-refractivity contribution < 1.29 is 0 Å². The summed E-state index contributed by atoms with van der Waals surface area (Å²) in [6, 6.07) is 84.5. The average molecular weight is 783 g/mol. The van der Waals surface area contributed by atoms with Gasteiger partial charge in [-0.3, -0.25) is 0 Å². The largest absolute Gasteiger partial charge is 0.310 e. The molecule has 2 heterocycles. The molecule has 0 amide bonds. The zero-order valence-electron chi connectivity index (χ0n) is 32.7. The van der Waals surface area contributed by atoms with E-state index >= 15 is 0 Å². The number of hydrogen-bond acceptors (Lipinski definition) is 2. The summed E-state index contributed by atoms with van der Waals surface area (Å²) in [5, 5.41) is 2.56. The Hall–Kier alpha value is -7.46. The number of anilines is 3. The Balaban J connectivity index is 1.06. The van der Waals surface area contributed by atoms with Crippen molar-refractivity contribution in [2.75, 3.05) is 4.90 Å². The third-order valence-electron chi connectivity index (χ3n) is 12.4. The number of aromatic nitrogens is 1. The Morgan fingerprint density at radius 1 is 0.383 bits per heavy atom. The van der Waals surface area contributed by atoms with Gasteiger partial charge in [0, 0.05) is 38.2 Å². The van der Waals surface area contributed by atoms with Crippen LogP contribution in [0.5, 0.6) is 0 Å². The molecule has 0 atom stereocenters. The maximum Gasteiger partial charge on any atom is 0.0727 e. The molecular formula is C57H38N2S. The summed E-state index contributed by atoms with van der Waals surface area (Å²) < 4.78 is 5.06. The Morgan fingerprint density at radius 2 is 0.950 bits per heavy atom. The molecule has 0 radical (unpaired) electrons. The van der Waals surface area contributed by atoms with Crippen LogP contribution in [0.3, 0.4) is 0 Å². The monoisotopic (exact) mass is 782 g/mol. The number of hydrogen-bond donors (Lipinski definition) is 0. The van der Waals surface area contributed by atoms with Gasteiger partial charge in [0.15, 0.2) is 0 Å². The van der Waals surface area contributed by atoms with Crippen LogP contribution in [0, 0.1) is 0 Å². The zero-order valence-corrected chi connectivity index (χ0v) is 33.6. The number of para-hydroxylation sites is 3. The van der Waals surface area contributed by atoms with E-state index in [9.17, 15) is 0 Å². The first-order chi connectivity index (χ1) is 29.8. The fraction of sp³-hybridized carbons (Fsp3) is 0.0175. The van der Waals surface area contributed by atoms with E-state index in [0.717, 1.165) is 17.1 Å². The molecule has 2 nitrogen and oxygen atoms in total. The van der Waals surface area contributed by atoms with Gasteiger partial charge in [0.05, 0.1) is 21.1 Å². The molecular weight excluding hydrogens is 745 g/mol. The van der Waals surface area contributed by atoms with Gasteiger partial charge in [-0.1, -0.05) is 176 Å². The molecule has 282 valence electrons. The summed E-state index contributed by atoms with van der Waals surface area (Å²) in [6.07, 6.45) is 0. The average Bonchev–Trinajstić information content (AvgIpc) is 3.96. The predicted octanol–water partition coefficient (Wildman–Crippen LogP) is 15.5. The molecule has 1 aliphatic carbocycles. The van der Waals surface area contributed by atoms with Gasteiger partial charge >= 0.3 is 0 Å². The molecule has 0 aliphatic heterocycles. The molecule has 1 aliphatic rings. The van der Waals surface area contributed by atoms with Crippen LogP contribution in [0.25, 0.3) is 59.1 Å². The van der Waals surface area contributed by atoms with Gasteiger partial charge in [0.25, 0.3) is 0 Å².